The van der Waals surface area contributed by atoms with Gasteiger partial charge in [0.2, 0.25) is 0 Å². The number of aliphatic hydroxyl groups is 1. The summed E-state index contributed by atoms with van der Waals surface area (Å²) in [5, 5.41) is 12.1. The lowest BCUT2D eigenvalue weighted by atomic mass is 10.0. The average Bonchev–Trinajstić information content (AvgIpc) is 2.46. The van der Waals surface area contributed by atoms with Crippen LogP contribution in [0.25, 0.3) is 10.8 Å². The first-order valence-corrected chi connectivity index (χ1v) is 7.14. The molecule has 0 aliphatic rings. The summed E-state index contributed by atoms with van der Waals surface area (Å²) in [7, 11) is 0. The Morgan fingerprint density at radius 2 is 1.90 bits per heavy atom. The van der Waals surface area contributed by atoms with E-state index >= 15 is 0 Å². The molecule has 1 unspecified atom stereocenters. The summed E-state index contributed by atoms with van der Waals surface area (Å²) in [6.45, 7) is 5.76. The molecule has 0 spiro atoms. The van der Waals surface area contributed by atoms with Crippen LogP contribution in [0.5, 0.6) is 5.75 Å². The SMILES string of the molecule is CCOCCCOc1c(C(C)O)ccc2ccccc12. The fourth-order valence-electron chi connectivity index (χ4n) is 2.23. The van der Waals surface area contributed by atoms with E-state index in [0.29, 0.717) is 13.2 Å². The number of hydrogen-bond donors (Lipinski definition) is 1. The Kier molecular flexibility index (Phi) is 5.39. The van der Waals surface area contributed by atoms with Gasteiger partial charge in [-0.15, -0.1) is 0 Å². The second-order valence-electron chi connectivity index (χ2n) is 4.78. The Morgan fingerprint density at radius 1 is 1.10 bits per heavy atom. The quantitative estimate of drug-likeness (QED) is 0.782. The smallest absolute Gasteiger partial charge is 0.132 e. The second-order valence-corrected chi connectivity index (χ2v) is 4.78. The first kappa shape index (κ1) is 14.8. The molecule has 1 N–H and O–H groups in total. The third-order valence-corrected chi connectivity index (χ3v) is 3.24. The lowest BCUT2D eigenvalue weighted by molar-refractivity contribution is 0.130. The van der Waals surface area contributed by atoms with Crippen molar-refractivity contribution in [3.8, 4) is 5.75 Å². The van der Waals surface area contributed by atoms with Gasteiger partial charge in [0, 0.05) is 30.6 Å². The molecular weight excluding hydrogens is 252 g/mol. The first-order valence-electron chi connectivity index (χ1n) is 7.14. The Hall–Kier alpha value is -1.58. The summed E-state index contributed by atoms with van der Waals surface area (Å²) in [5.41, 5.74) is 0.833. The van der Waals surface area contributed by atoms with E-state index in [2.05, 4.69) is 0 Å². The number of ether oxygens (including phenoxy) is 2. The summed E-state index contributed by atoms with van der Waals surface area (Å²) in [6.07, 6.45) is 0.303. The second kappa shape index (κ2) is 7.27. The molecule has 2 rings (SSSR count). The normalized spacial score (nSPS) is 12.6. The highest BCUT2D eigenvalue weighted by Gasteiger charge is 2.12. The molecule has 0 radical (unpaired) electrons. The van der Waals surface area contributed by atoms with Crippen molar-refractivity contribution in [3.05, 3.63) is 42.0 Å². The lowest BCUT2D eigenvalue weighted by Crippen LogP contribution is -2.06. The molecule has 2 aromatic carbocycles. The van der Waals surface area contributed by atoms with Crippen LogP contribution in [0, 0.1) is 0 Å². The Balaban J connectivity index is 2.21. The van der Waals surface area contributed by atoms with Crippen LogP contribution in [0.3, 0.4) is 0 Å². The van der Waals surface area contributed by atoms with Gasteiger partial charge < -0.3 is 14.6 Å². The van der Waals surface area contributed by atoms with Gasteiger partial charge in [0.25, 0.3) is 0 Å². The summed E-state index contributed by atoms with van der Waals surface area (Å²) < 4.78 is 11.2. The van der Waals surface area contributed by atoms with Crippen LogP contribution in [-0.2, 0) is 4.74 Å². The van der Waals surface area contributed by atoms with Gasteiger partial charge >= 0.3 is 0 Å². The number of fused-ring (bicyclic) bond motifs is 1. The molecule has 3 heteroatoms. The lowest BCUT2D eigenvalue weighted by Gasteiger charge is -2.16. The van der Waals surface area contributed by atoms with Crippen molar-refractivity contribution in [1.82, 2.24) is 0 Å². The maximum Gasteiger partial charge on any atom is 0.132 e. The van der Waals surface area contributed by atoms with E-state index in [9.17, 15) is 5.11 Å². The molecule has 0 aromatic heterocycles. The van der Waals surface area contributed by atoms with Crippen molar-refractivity contribution in [2.24, 2.45) is 0 Å². The van der Waals surface area contributed by atoms with Gasteiger partial charge in [0.05, 0.1) is 12.7 Å². The molecule has 1 atom stereocenters. The van der Waals surface area contributed by atoms with E-state index in [1.165, 1.54) is 0 Å². The van der Waals surface area contributed by atoms with Crippen molar-refractivity contribution >= 4 is 10.8 Å². The van der Waals surface area contributed by atoms with Gasteiger partial charge in [-0.25, -0.2) is 0 Å². The van der Waals surface area contributed by atoms with E-state index in [1.54, 1.807) is 6.92 Å². The van der Waals surface area contributed by atoms with Crippen LogP contribution < -0.4 is 4.74 Å². The van der Waals surface area contributed by atoms with E-state index in [-0.39, 0.29) is 0 Å². The Morgan fingerprint density at radius 3 is 2.65 bits per heavy atom. The van der Waals surface area contributed by atoms with Gasteiger partial charge in [-0.2, -0.15) is 0 Å². The zero-order valence-electron chi connectivity index (χ0n) is 12.1. The molecule has 0 saturated carbocycles. The van der Waals surface area contributed by atoms with Crippen LogP contribution in [0.4, 0.5) is 0 Å². The first-order chi connectivity index (χ1) is 9.74. The van der Waals surface area contributed by atoms with Crippen LogP contribution in [-0.4, -0.2) is 24.9 Å². The van der Waals surface area contributed by atoms with Crippen molar-refractivity contribution in [3.63, 3.8) is 0 Å². The molecule has 20 heavy (non-hydrogen) atoms. The molecule has 0 saturated heterocycles. The van der Waals surface area contributed by atoms with Gasteiger partial charge in [-0.1, -0.05) is 36.4 Å². The monoisotopic (exact) mass is 274 g/mol. The minimum Gasteiger partial charge on any atom is -0.492 e. The molecule has 0 fully saturated rings. The summed E-state index contributed by atoms with van der Waals surface area (Å²) in [6, 6.07) is 12.0. The predicted molar refractivity (Wildman–Crippen MR) is 81.2 cm³/mol. The summed E-state index contributed by atoms with van der Waals surface area (Å²) in [5.74, 6) is 0.787. The fourth-order valence-corrected chi connectivity index (χ4v) is 2.23. The number of benzene rings is 2. The number of hydrogen-bond acceptors (Lipinski definition) is 3. The third-order valence-electron chi connectivity index (χ3n) is 3.24. The molecular formula is C17H22O3. The van der Waals surface area contributed by atoms with E-state index in [0.717, 1.165) is 35.1 Å². The summed E-state index contributed by atoms with van der Waals surface area (Å²) in [4.78, 5) is 0. The van der Waals surface area contributed by atoms with Gasteiger partial charge in [-0.3, -0.25) is 0 Å². The van der Waals surface area contributed by atoms with Gasteiger partial charge in [-0.05, 0) is 19.2 Å². The van der Waals surface area contributed by atoms with Crippen molar-refractivity contribution in [1.29, 1.82) is 0 Å². The molecule has 0 bridgehead atoms. The largest absolute Gasteiger partial charge is 0.492 e. The van der Waals surface area contributed by atoms with Crippen LogP contribution in [0.2, 0.25) is 0 Å². The highest BCUT2D eigenvalue weighted by Crippen LogP contribution is 2.33. The maximum atomic E-state index is 9.90. The predicted octanol–water partition coefficient (Wildman–Crippen LogP) is 3.70. The van der Waals surface area contributed by atoms with E-state index in [1.807, 2.05) is 43.3 Å². The minimum absolute atomic E-state index is 0.540. The van der Waals surface area contributed by atoms with Crippen LogP contribution >= 0.6 is 0 Å². The van der Waals surface area contributed by atoms with Crippen molar-refractivity contribution in [2.75, 3.05) is 19.8 Å². The van der Waals surface area contributed by atoms with Crippen LogP contribution in [0.1, 0.15) is 31.9 Å². The standard InChI is InChI=1S/C17H22O3/c1-3-19-11-6-12-20-17-15(13(2)18)10-9-14-7-4-5-8-16(14)17/h4-5,7-10,13,18H,3,6,11-12H2,1-2H3. The van der Waals surface area contributed by atoms with Crippen molar-refractivity contribution in [2.45, 2.75) is 26.4 Å². The zero-order valence-corrected chi connectivity index (χ0v) is 12.1. The molecule has 0 heterocycles. The fraction of sp³-hybridized carbons (Fsp3) is 0.412. The highest BCUT2D eigenvalue weighted by molar-refractivity contribution is 5.89. The minimum atomic E-state index is -0.540. The zero-order chi connectivity index (χ0) is 14.4. The molecule has 0 amide bonds. The molecule has 3 nitrogen and oxygen atoms in total. The molecule has 0 aliphatic heterocycles. The molecule has 2 aromatic rings. The van der Waals surface area contributed by atoms with Crippen LogP contribution in [0.15, 0.2) is 36.4 Å². The van der Waals surface area contributed by atoms with Gasteiger partial charge in [0.15, 0.2) is 0 Å². The Bertz CT molecular complexity index is 549. The van der Waals surface area contributed by atoms with E-state index in [4.69, 9.17) is 9.47 Å². The topological polar surface area (TPSA) is 38.7 Å². The number of aliphatic hydroxyl groups excluding tert-OH is 1. The van der Waals surface area contributed by atoms with Crippen molar-refractivity contribution < 1.29 is 14.6 Å². The Labute approximate surface area is 120 Å². The molecule has 108 valence electrons. The average molecular weight is 274 g/mol. The molecule has 0 aliphatic carbocycles. The summed E-state index contributed by atoms with van der Waals surface area (Å²) >= 11 is 0. The third kappa shape index (κ3) is 3.50. The van der Waals surface area contributed by atoms with Gasteiger partial charge in [0.1, 0.15) is 5.75 Å². The highest BCUT2D eigenvalue weighted by atomic mass is 16.5. The van der Waals surface area contributed by atoms with E-state index < -0.39 is 6.10 Å². The number of rotatable bonds is 7. The maximum absolute atomic E-state index is 9.90.